The third-order valence-electron chi connectivity index (χ3n) is 2.83. The number of esters is 1. The first kappa shape index (κ1) is 17.4. The summed E-state index contributed by atoms with van der Waals surface area (Å²) in [5.74, 6) is -1.67. The fourth-order valence-electron chi connectivity index (χ4n) is 1.68. The lowest BCUT2D eigenvalue weighted by Gasteiger charge is -2.22. The van der Waals surface area contributed by atoms with Crippen molar-refractivity contribution in [3.05, 3.63) is 34.6 Å². The molecule has 0 aliphatic heterocycles. The van der Waals surface area contributed by atoms with Crippen molar-refractivity contribution in [3.63, 3.8) is 0 Å². The van der Waals surface area contributed by atoms with Crippen LogP contribution in [0.4, 0.5) is 4.39 Å². The average Bonchev–Trinajstić information content (AvgIpc) is 2.46. The van der Waals surface area contributed by atoms with Crippen LogP contribution in [0.2, 0.25) is 5.02 Å². The first-order chi connectivity index (χ1) is 9.99. The Morgan fingerprint density at radius 1 is 1.29 bits per heavy atom. The zero-order valence-electron chi connectivity index (χ0n) is 11.9. The Labute approximate surface area is 127 Å². The molecule has 1 amide bonds. The molecule has 5 nitrogen and oxygen atoms in total. The van der Waals surface area contributed by atoms with E-state index in [-0.39, 0.29) is 36.7 Å². The van der Waals surface area contributed by atoms with E-state index in [1.807, 2.05) is 0 Å². The summed E-state index contributed by atoms with van der Waals surface area (Å²) >= 11 is 5.66. The van der Waals surface area contributed by atoms with E-state index in [1.54, 1.807) is 0 Å². The third-order valence-corrected chi connectivity index (χ3v) is 3.06. The van der Waals surface area contributed by atoms with Gasteiger partial charge >= 0.3 is 5.97 Å². The highest BCUT2D eigenvalue weighted by atomic mass is 35.5. The van der Waals surface area contributed by atoms with E-state index in [9.17, 15) is 14.0 Å². The molecule has 0 unspecified atom stereocenters. The van der Waals surface area contributed by atoms with E-state index < -0.39 is 17.7 Å². The van der Waals surface area contributed by atoms with Crippen LogP contribution in [0.25, 0.3) is 0 Å². The molecule has 0 aliphatic carbocycles. The average molecular weight is 318 g/mol. The molecule has 1 aromatic rings. The Morgan fingerprint density at radius 2 is 2.00 bits per heavy atom. The molecule has 0 N–H and O–H groups in total. The van der Waals surface area contributed by atoms with Crippen molar-refractivity contribution in [1.82, 2.24) is 4.90 Å². The number of hydrogen-bond acceptors (Lipinski definition) is 4. The van der Waals surface area contributed by atoms with Crippen LogP contribution in [-0.2, 0) is 14.3 Å². The van der Waals surface area contributed by atoms with Gasteiger partial charge in [0.05, 0.1) is 25.7 Å². The smallest absolute Gasteiger partial charge is 0.307 e. The van der Waals surface area contributed by atoms with Crippen LogP contribution in [0, 0.1) is 5.82 Å². The molecule has 0 aliphatic rings. The summed E-state index contributed by atoms with van der Waals surface area (Å²) < 4.78 is 23.2. The number of carbonyl (C=O) groups excluding carboxylic acids is 2. The van der Waals surface area contributed by atoms with E-state index in [1.165, 1.54) is 31.3 Å². The second-order valence-electron chi connectivity index (χ2n) is 4.24. The van der Waals surface area contributed by atoms with Crippen LogP contribution < -0.4 is 0 Å². The van der Waals surface area contributed by atoms with Crippen molar-refractivity contribution in [2.45, 2.75) is 6.42 Å². The molecule has 0 heterocycles. The lowest BCUT2D eigenvalue weighted by molar-refractivity contribution is -0.140. The maximum Gasteiger partial charge on any atom is 0.307 e. The molecule has 0 spiro atoms. The molecule has 0 atom stereocenters. The molecule has 0 aromatic heterocycles. The molecule has 0 radical (unpaired) electrons. The maximum absolute atomic E-state index is 13.8. The largest absolute Gasteiger partial charge is 0.469 e. The standard InChI is InChI=1S/C14H17ClFNO4/c1-20-8-7-17(6-5-13(18)21-2)14(19)11-4-3-10(15)9-12(11)16/h3-4,9H,5-8H2,1-2H3. The van der Waals surface area contributed by atoms with Gasteiger partial charge < -0.3 is 14.4 Å². The Morgan fingerprint density at radius 3 is 2.57 bits per heavy atom. The van der Waals surface area contributed by atoms with Gasteiger partial charge in [-0.25, -0.2) is 4.39 Å². The van der Waals surface area contributed by atoms with Gasteiger partial charge in [0.25, 0.3) is 5.91 Å². The van der Waals surface area contributed by atoms with Crippen LogP contribution in [0.3, 0.4) is 0 Å². The highest BCUT2D eigenvalue weighted by molar-refractivity contribution is 6.30. The van der Waals surface area contributed by atoms with Gasteiger partial charge in [-0.2, -0.15) is 0 Å². The lowest BCUT2D eigenvalue weighted by atomic mass is 10.1. The fourth-order valence-corrected chi connectivity index (χ4v) is 1.84. The number of rotatable bonds is 7. The van der Waals surface area contributed by atoms with Crippen LogP contribution in [0.15, 0.2) is 18.2 Å². The molecule has 1 rings (SSSR count). The molecular formula is C14H17ClFNO4. The van der Waals surface area contributed by atoms with Gasteiger partial charge in [0.1, 0.15) is 5.82 Å². The number of halogens is 2. The second-order valence-corrected chi connectivity index (χ2v) is 4.67. The quantitative estimate of drug-likeness (QED) is 0.723. The SMILES string of the molecule is COCCN(CCC(=O)OC)C(=O)c1ccc(Cl)cc1F. The summed E-state index contributed by atoms with van der Waals surface area (Å²) in [6.07, 6.45) is 0.0289. The first-order valence-corrected chi connectivity index (χ1v) is 6.67. The molecule has 1 aromatic carbocycles. The van der Waals surface area contributed by atoms with Crippen LogP contribution in [0.1, 0.15) is 16.8 Å². The highest BCUT2D eigenvalue weighted by Gasteiger charge is 2.20. The van der Waals surface area contributed by atoms with Gasteiger partial charge in [0, 0.05) is 25.2 Å². The summed E-state index contributed by atoms with van der Waals surface area (Å²) in [5, 5.41) is 0.210. The minimum atomic E-state index is -0.701. The van der Waals surface area contributed by atoms with Crippen LogP contribution in [0.5, 0.6) is 0 Å². The molecule has 0 bridgehead atoms. The van der Waals surface area contributed by atoms with Gasteiger partial charge in [0.15, 0.2) is 0 Å². The number of benzene rings is 1. The summed E-state index contributed by atoms with van der Waals surface area (Å²) in [6, 6.07) is 3.83. The Bertz CT molecular complexity index is 510. The van der Waals surface area contributed by atoms with Crippen molar-refractivity contribution in [1.29, 1.82) is 0 Å². The molecule has 7 heteroatoms. The minimum Gasteiger partial charge on any atom is -0.469 e. The van der Waals surface area contributed by atoms with Gasteiger partial charge in [-0.1, -0.05) is 11.6 Å². The zero-order chi connectivity index (χ0) is 15.8. The van der Waals surface area contributed by atoms with E-state index in [0.717, 1.165) is 6.07 Å². The van der Waals surface area contributed by atoms with E-state index in [0.29, 0.717) is 0 Å². The summed E-state index contributed by atoms with van der Waals surface area (Å²) in [4.78, 5) is 24.8. The molecular weight excluding hydrogens is 301 g/mol. The molecule has 0 saturated carbocycles. The Kier molecular flexibility index (Phi) is 7.11. The van der Waals surface area contributed by atoms with Crippen molar-refractivity contribution in [3.8, 4) is 0 Å². The third kappa shape index (κ3) is 5.32. The highest BCUT2D eigenvalue weighted by Crippen LogP contribution is 2.16. The number of carbonyl (C=O) groups is 2. The first-order valence-electron chi connectivity index (χ1n) is 6.29. The van der Waals surface area contributed by atoms with E-state index in [4.69, 9.17) is 16.3 Å². The van der Waals surface area contributed by atoms with Gasteiger partial charge in [-0.15, -0.1) is 0 Å². The second kappa shape index (κ2) is 8.59. The number of hydrogen-bond donors (Lipinski definition) is 0. The maximum atomic E-state index is 13.8. The molecule has 0 fully saturated rings. The number of nitrogens with zero attached hydrogens (tertiary/aromatic N) is 1. The zero-order valence-corrected chi connectivity index (χ0v) is 12.7. The van der Waals surface area contributed by atoms with Gasteiger partial charge in [-0.05, 0) is 18.2 Å². The lowest BCUT2D eigenvalue weighted by Crippen LogP contribution is -2.36. The van der Waals surface area contributed by atoms with Gasteiger partial charge in [0.2, 0.25) is 0 Å². The number of amides is 1. The topological polar surface area (TPSA) is 55.8 Å². The summed E-state index contributed by atoms with van der Waals surface area (Å²) in [6.45, 7) is 0.646. The predicted molar refractivity (Wildman–Crippen MR) is 75.8 cm³/mol. The minimum absolute atomic E-state index is 0.0289. The van der Waals surface area contributed by atoms with Crippen molar-refractivity contribution in [2.75, 3.05) is 33.9 Å². The monoisotopic (exact) mass is 317 g/mol. The number of ether oxygens (including phenoxy) is 2. The van der Waals surface area contributed by atoms with E-state index in [2.05, 4.69) is 4.74 Å². The van der Waals surface area contributed by atoms with Crippen molar-refractivity contribution < 1.29 is 23.5 Å². The van der Waals surface area contributed by atoms with Crippen molar-refractivity contribution >= 4 is 23.5 Å². The summed E-state index contributed by atoms with van der Waals surface area (Å²) in [5.41, 5.74) is -0.0969. The fraction of sp³-hybridized carbons (Fsp3) is 0.429. The molecule has 0 saturated heterocycles. The van der Waals surface area contributed by atoms with Crippen LogP contribution in [-0.4, -0.2) is 50.7 Å². The van der Waals surface area contributed by atoms with Crippen molar-refractivity contribution in [2.24, 2.45) is 0 Å². The Hall–Kier alpha value is -1.66. The predicted octanol–water partition coefficient (Wildman–Crippen LogP) is 2.13. The molecule has 21 heavy (non-hydrogen) atoms. The molecule has 116 valence electrons. The Balaban J connectivity index is 2.85. The summed E-state index contributed by atoms with van der Waals surface area (Å²) in [7, 11) is 2.76. The normalized spacial score (nSPS) is 10.3. The number of methoxy groups -OCH3 is 2. The van der Waals surface area contributed by atoms with E-state index >= 15 is 0 Å². The van der Waals surface area contributed by atoms with Gasteiger partial charge in [-0.3, -0.25) is 9.59 Å². The van der Waals surface area contributed by atoms with Crippen LogP contribution >= 0.6 is 11.6 Å².